The Morgan fingerprint density at radius 3 is 2.61 bits per heavy atom. The van der Waals surface area contributed by atoms with Gasteiger partial charge in [0.05, 0.1) is 22.4 Å². The summed E-state index contributed by atoms with van der Waals surface area (Å²) in [6.07, 6.45) is 1.84. The topological polar surface area (TPSA) is 29.9 Å². The van der Waals surface area contributed by atoms with Gasteiger partial charge in [-0.3, -0.25) is 4.68 Å². The van der Waals surface area contributed by atoms with E-state index in [-0.39, 0.29) is 6.04 Å². The average Bonchev–Trinajstić information content (AvgIpc) is 2.66. The van der Waals surface area contributed by atoms with Crippen LogP contribution in [0.3, 0.4) is 0 Å². The van der Waals surface area contributed by atoms with Gasteiger partial charge in [0, 0.05) is 7.05 Å². The molecule has 4 heteroatoms. The predicted molar refractivity (Wildman–Crippen MR) is 77.7 cm³/mol. The van der Waals surface area contributed by atoms with Gasteiger partial charge in [0.15, 0.2) is 0 Å². The van der Waals surface area contributed by atoms with Crippen LogP contribution in [0.5, 0.6) is 0 Å². The Kier molecular flexibility index (Phi) is 3.88. The van der Waals surface area contributed by atoms with Gasteiger partial charge in [-0.1, -0.05) is 23.8 Å². The summed E-state index contributed by atoms with van der Waals surface area (Å²) < 4.78 is 2.94. The van der Waals surface area contributed by atoms with Gasteiger partial charge in [0.2, 0.25) is 0 Å². The second-order valence-corrected chi connectivity index (χ2v) is 5.44. The fourth-order valence-electron chi connectivity index (χ4n) is 2.26. The lowest BCUT2D eigenvalue weighted by Gasteiger charge is -2.20. The van der Waals surface area contributed by atoms with Gasteiger partial charge >= 0.3 is 0 Å². The van der Waals surface area contributed by atoms with Crippen LogP contribution >= 0.6 is 15.9 Å². The van der Waals surface area contributed by atoms with Crippen LogP contribution in [0.4, 0.5) is 0 Å². The first-order valence-corrected chi connectivity index (χ1v) is 6.75. The molecule has 0 aliphatic heterocycles. The van der Waals surface area contributed by atoms with E-state index in [1.165, 1.54) is 16.7 Å². The van der Waals surface area contributed by atoms with Crippen molar-refractivity contribution in [3.63, 3.8) is 0 Å². The van der Waals surface area contributed by atoms with Crippen molar-refractivity contribution in [3.05, 3.63) is 51.3 Å². The molecule has 0 spiro atoms. The molecule has 1 heterocycles. The van der Waals surface area contributed by atoms with E-state index in [0.29, 0.717) is 0 Å². The van der Waals surface area contributed by atoms with Crippen molar-refractivity contribution in [1.82, 2.24) is 15.1 Å². The normalized spacial score (nSPS) is 12.7. The van der Waals surface area contributed by atoms with Gasteiger partial charge in [0.25, 0.3) is 0 Å². The van der Waals surface area contributed by atoms with Gasteiger partial charge in [-0.05, 0) is 48.0 Å². The van der Waals surface area contributed by atoms with E-state index < -0.39 is 0 Å². The molecule has 0 radical (unpaired) electrons. The molecule has 18 heavy (non-hydrogen) atoms. The number of aryl methyl sites for hydroxylation is 3. The zero-order valence-corrected chi connectivity index (χ0v) is 12.7. The number of hydrogen-bond acceptors (Lipinski definition) is 2. The summed E-state index contributed by atoms with van der Waals surface area (Å²) in [6.45, 7) is 4.26. The Morgan fingerprint density at radius 2 is 2.06 bits per heavy atom. The highest BCUT2D eigenvalue weighted by Crippen LogP contribution is 2.30. The lowest BCUT2D eigenvalue weighted by molar-refractivity contribution is 0.601. The standard InChI is InChI=1S/C14H18BrN3/c1-9-5-6-10(2)11(7-9)13(16-3)14-12(15)8-17-18(14)4/h5-8,13,16H,1-4H3. The lowest BCUT2D eigenvalue weighted by atomic mass is 9.97. The van der Waals surface area contributed by atoms with E-state index in [0.717, 1.165) is 10.2 Å². The molecule has 0 aliphatic carbocycles. The molecule has 1 aromatic carbocycles. The first-order chi connectivity index (χ1) is 8.54. The maximum atomic E-state index is 4.29. The summed E-state index contributed by atoms with van der Waals surface area (Å²) >= 11 is 3.58. The second-order valence-electron chi connectivity index (χ2n) is 4.58. The van der Waals surface area contributed by atoms with Crippen LogP contribution in [-0.2, 0) is 7.05 Å². The summed E-state index contributed by atoms with van der Waals surface area (Å²) in [6, 6.07) is 6.69. The van der Waals surface area contributed by atoms with Crippen LogP contribution in [0.2, 0.25) is 0 Å². The Labute approximate surface area is 116 Å². The second kappa shape index (κ2) is 5.24. The van der Waals surface area contributed by atoms with Gasteiger partial charge in [0.1, 0.15) is 0 Å². The minimum atomic E-state index is 0.145. The molecule has 1 unspecified atom stereocenters. The molecule has 0 amide bonds. The first kappa shape index (κ1) is 13.3. The Bertz CT molecular complexity index is 541. The highest BCUT2D eigenvalue weighted by atomic mass is 79.9. The number of nitrogens with zero attached hydrogens (tertiary/aromatic N) is 2. The van der Waals surface area contributed by atoms with Gasteiger partial charge in [-0.25, -0.2) is 0 Å². The van der Waals surface area contributed by atoms with Crippen molar-refractivity contribution in [2.24, 2.45) is 7.05 Å². The van der Waals surface area contributed by atoms with Crippen molar-refractivity contribution >= 4 is 15.9 Å². The molecule has 1 aromatic heterocycles. The average molecular weight is 308 g/mol. The molecule has 3 nitrogen and oxygen atoms in total. The third-order valence-electron chi connectivity index (χ3n) is 3.25. The monoisotopic (exact) mass is 307 g/mol. The molecular formula is C14H18BrN3. The minimum absolute atomic E-state index is 0.145. The molecule has 0 bridgehead atoms. The minimum Gasteiger partial charge on any atom is -0.308 e. The van der Waals surface area contributed by atoms with Gasteiger partial charge in [-0.2, -0.15) is 5.10 Å². The van der Waals surface area contributed by atoms with E-state index in [4.69, 9.17) is 0 Å². The van der Waals surface area contributed by atoms with Crippen LogP contribution < -0.4 is 5.32 Å². The SMILES string of the molecule is CNC(c1cc(C)ccc1C)c1c(Br)cnn1C. The van der Waals surface area contributed by atoms with E-state index in [1.54, 1.807) is 0 Å². The van der Waals surface area contributed by atoms with Crippen molar-refractivity contribution in [2.45, 2.75) is 19.9 Å². The summed E-state index contributed by atoms with van der Waals surface area (Å²) in [7, 11) is 3.95. The third kappa shape index (κ3) is 2.35. The number of nitrogens with one attached hydrogen (secondary N) is 1. The lowest BCUT2D eigenvalue weighted by Crippen LogP contribution is -2.22. The Morgan fingerprint density at radius 1 is 1.33 bits per heavy atom. The molecule has 2 aromatic rings. The summed E-state index contributed by atoms with van der Waals surface area (Å²) in [5.74, 6) is 0. The highest BCUT2D eigenvalue weighted by Gasteiger charge is 2.20. The fourth-order valence-corrected chi connectivity index (χ4v) is 2.83. The zero-order valence-electron chi connectivity index (χ0n) is 11.2. The molecule has 2 rings (SSSR count). The smallest absolute Gasteiger partial charge is 0.0759 e. The van der Waals surface area contributed by atoms with Crippen LogP contribution in [0.1, 0.15) is 28.4 Å². The van der Waals surface area contributed by atoms with Crippen molar-refractivity contribution in [2.75, 3.05) is 7.05 Å². The molecule has 0 fully saturated rings. The Hall–Kier alpha value is -1.13. The molecule has 96 valence electrons. The van der Waals surface area contributed by atoms with E-state index >= 15 is 0 Å². The van der Waals surface area contributed by atoms with Crippen LogP contribution in [0.25, 0.3) is 0 Å². The summed E-state index contributed by atoms with van der Waals surface area (Å²) in [5, 5.41) is 7.67. The van der Waals surface area contributed by atoms with Crippen molar-refractivity contribution < 1.29 is 0 Å². The van der Waals surface area contributed by atoms with Crippen molar-refractivity contribution in [1.29, 1.82) is 0 Å². The van der Waals surface area contributed by atoms with Gasteiger partial charge < -0.3 is 5.32 Å². The van der Waals surface area contributed by atoms with E-state index in [9.17, 15) is 0 Å². The van der Waals surface area contributed by atoms with E-state index in [2.05, 4.69) is 58.4 Å². The molecule has 1 atom stereocenters. The van der Waals surface area contributed by atoms with Crippen LogP contribution in [-0.4, -0.2) is 16.8 Å². The molecule has 0 saturated heterocycles. The number of benzene rings is 1. The largest absolute Gasteiger partial charge is 0.308 e. The maximum Gasteiger partial charge on any atom is 0.0759 e. The number of rotatable bonds is 3. The number of hydrogen-bond donors (Lipinski definition) is 1. The number of halogens is 1. The fraction of sp³-hybridized carbons (Fsp3) is 0.357. The van der Waals surface area contributed by atoms with E-state index in [1.807, 2.05) is 25.0 Å². The zero-order chi connectivity index (χ0) is 13.3. The van der Waals surface area contributed by atoms with Crippen LogP contribution in [0.15, 0.2) is 28.9 Å². The molecule has 0 aliphatic rings. The summed E-state index contributed by atoms with van der Waals surface area (Å²) in [5.41, 5.74) is 5.00. The maximum absolute atomic E-state index is 4.29. The third-order valence-corrected chi connectivity index (χ3v) is 3.86. The summed E-state index contributed by atoms with van der Waals surface area (Å²) in [4.78, 5) is 0. The first-order valence-electron chi connectivity index (χ1n) is 5.96. The quantitative estimate of drug-likeness (QED) is 0.944. The van der Waals surface area contributed by atoms with Crippen molar-refractivity contribution in [3.8, 4) is 0 Å². The number of aromatic nitrogens is 2. The predicted octanol–water partition coefficient (Wildman–Crippen LogP) is 3.11. The Balaban J connectivity index is 2.55. The molecule has 0 saturated carbocycles. The molecular weight excluding hydrogens is 290 g/mol. The highest BCUT2D eigenvalue weighted by molar-refractivity contribution is 9.10. The molecule has 1 N–H and O–H groups in total. The van der Waals surface area contributed by atoms with Gasteiger partial charge in [-0.15, -0.1) is 0 Å². The van der Waals surface area contributed by atoms with Crippen LogP contribution in [0, 0.1) is 13.8 Å².